The molecule has 0 aromatic heterocycles. The van der Waals surface area contributed by atoms with Gasteiger partial charge in [0, 0.05) is 11.8 Å². The first-order valence-electron chi connectivity index (χ1n) is 6.41. The van der Waals surface area contributed by atoms with Crippen LogP contribution in [-0.4, -0.2) is 17.3 Å². The van der Waals surface area contributed by atoms with Crippen molar-refractivity contribution in [2.24, 2.45) is 5.41 Å². The fraction of sp³-hybridized carbons (Fsp3) is 0.571. The predicted molar refractivity (Wildman–Crippen MR) is 70.0 cm³/mol. The third kappa shape index (κ3) is 1.86. The molecule has 1 aromatic carbocycles. The molecule has 18 heavy (non-hydrogen) atoms. The van der Waals surface area contributed by atoms with Crippen LogP contribution in [0.5, 0.6) is 5.75 Å². The second kappa shape index (κ2) is 4.49. The zero-order valence-corrected chi connectivity index (χ0v) is 11.6. The molecule has 0 heterocycles. The molecule has 0 radical (unpaired) electrons. The Morgan fingerprint density at radius 3 is 2.67 bits per heavy atom. The number of hydrogen-bond donors (Lipinski definition) is 1. The smallest absolute Gasteiger partial charge is 0.134 e. The molecule has 4 heteroatoms. The highest BCUT2D eigenvalue weighted by Gasteiger charge is 2.57. The number of aliphatic hydroxyl groups is 1. The van der Waals surface area contributed by atoms with E-state index in [0.717, 1.165) is 12.8 Å². The highest BCUT2D eigenvalue weighted by atomic mass is 79.9. The summed E-state index contributed by atoms with van der Waals surface area (Å²) in [5.41, 5.74) is -0.0478. The van der Waals surface area contributed by atoms with Gasteiger partial charge in [-0.05, 0) is 47.0 Å². The number of halogens is 2. The van der Waals surface area contributed by atoms with Crippen molar-refractivity contribution in [1.29, 1.82) is 0 Å². The first-order valence-corrected chi connectivity index (χ1v) is 7.21. The van der Waals surface area contributed by atoms with Crippen molar-refractivity contribution in [3.63, 3.8) is 0 Å². The maximum Gasteiger partial charge on any atom is 0.134 e. The van der Waals surface area contributed by atoms with E-state index < -0.39 is 0 Å². The fourth-order valence-corrected chi connectivity index (χ4v) is 3.75. The van der Waals surface area contributed by atoms with Gasteiger partial charge >= 0.3 is 0 Å². The van der Waals surface area contributed by atoms with Crippen LogP contribution in [0.25, 0.3) is 0 Å². The second-order valence-corrected chi connectivity index (χ2v) is 6.23. The van der Waals surface area contributed by atoms with Gasteiger partial charge < -0.3 is 9.84 Å². The van der Waals surface area contributed by atoms with Gasteiger partial charge in [0.2, 0.25) is 0 Å². The van der Waals surface area contributed by atoms with Gasteiger partial charge in [0.1, 0.15) is 17.7 Å². The highest BCUT2D eigenvalue weighted by Crippen LogP contribution is 2.54. The molecule has 0 amide bonds. The molecule has 2 aliphatic carbocycles. The lowest BCUT2D eigenvalue weighted by Crippen LogP contribution is -2.58. The van der Waals surface area contributed by atoms with Gasteiger partial charge in [-0.1, -0.05) is 12.8 Å². The predicted octanol–water partition coefficient (Wildman–Crippen LogP) is 3.66. The summed E-state index contributed by atoms with van der Waals surface area (Å²) in [5.74, 6) is 0.387. The second-order valence-electron chi connectivity index (χ2n) is 5.37. The van der Waals surface area contributed by atoms with Crippen LogP contribution in [0.4, 0.5) is 4.39 Å². The molecule has 2 nitrogen and oxygen atoms in total. The lowest BCUT2D eigenvalue weighted by Gasteiger charge is -2.51. The van der Waals surface area contributed by atoms with E-state index in [1.54, 1.807) is 6.07 Å². The average molecular weight is 315 g/mol. The minimum Gasteiger partial charge on any atom is -0.488 e. The van der Waals surface area contributed by atoms with E-state index >= 15 is 0 Å². The van der Waals surface area contributed by atoms with Crippen LogP contribution in [0.3, 0.4) is 0 Å². The van der Waals surface area contributed by atoms with E-state index in [-0.39, 0.29) is 23.4 Å². The van der Waals surface area contributed by atoms with Gasteiger partial charge in [-0.3, -0.25) is 0 Å². The van der Waals surface area contributed by atoms with E-state index in [1.807, 2.05) is 0 Å². The van der Waals surface area contributed by atoms with Crippen molar-refractivity contribution in [3.8, 4) is 5.75 Å². The van der Waals surface area contributed by atoms with Crippen LogP contribution in [0.2, 0.25) is 0 Å². The zero-order valence-electron chi connectivity index (χ0n) is 10.0. The minimum atomic E-state index is -0.279. The van der Waals surface area contributed by atoms with Crippen molar-refractivity contribution >= 4 is 15.9 Å². The molecule has 1 spiro atoms. The number of hydrogen-bond acceptors (Lipinski definition) is 2. The molecule has 1 N–H and O–H groups in total. The maximum absolute atomic E-state index is 13.0. The Kier molecular flexibility index (Phi) is 3.10. The third-order valence-electron chi connectivity index (χ3n) is 4.44. The number of aliphatic hydroxyl groups excluding tert-OH is 1. The minimum absolute atomic E-state index is 0.0478. The highest BCUT2D eigenvalue weighted by molar-refractivity contribution is 9.10. The molecule has 0 bridgehead atoms. The molecule has 2 aliphatic rings. The summed E-state index contributed by atoms with van der Waals surface area (Å²) >= 11 is 3.31. The molecule has 0 saturated heterocycles. The molecule has 2 unspecified atom stereocenters. The van der Waals surface area contributed by atoms with Gasteiger partial charge in [-0.15, -0.1) is 0 Å². The van der Waals surface area contributed by atoms with Crippen LogP contribution in [0.1, 0.15) is 32.1 Å². The number of benzene rings is 1. The largest absolute Gasteiger partial charge is 0.488 e. The first-order chi connectivity index (χ1) is 8.62. The Bertz CT molecular complexity index is 457. The number of ether oxygens (including phenoxy) is 1. The van der Waals surface area contributed by atoms with Crippen LogP contribution in [0, 0.1) is 11.2 Å². The lowest BCUT2D eigenvalue weighted by molar-refractivity contribution is -0.152. The molecule has 2 fully saturated rings. The summed E-state index contributed by atoms with van der Waals surface area (Å²) < 4.78 is 19.6. The van der Waals surface area contributed by atoms with E-state index in [1.165, 1.54) is 25.0 Å². The maximum atomic E-state index is 13.0. The normalized spacial score (nSPS) is 29.3. The van der Waals surface area contributed by atoms with Gasteiger partial charge in [0.25, 0.3) is 0 Å². The van der Waals surface area contributed by atoms with Crippen molar-refractivity contribution in [1.82, 2.24) is 0 Å². The first kappa shape index (κ1) is 12.4. The van der Waals surface area contributed by atoms with Gasteiger partial charge in [-0.25, -0.2) is 4.39 Å². The standard InChI is InChI=1S/C14H16BrFO2/c15-10-7-9(16)3-4-11(10)18-13-8-12(17)14(13)5-1-2-6-14/h3-4,7,12-13,17H,1-2,5-6,8H2. The van der Waals surface area contributed by atoms with Crippen molar-refractivity contribution in [2.45, 2.75) is 44.3 Å². The summed E-state index contributed by atoms with van der Waals surface area (Å²) in [6, 6.07) is 4.45. The quantitative estimate of drug-likeness (QED) is 0.902. The van der Waals surface area contributed by atoms with E-state index in [4.69, 9.17) is 4.74 Å². The fourth-order valence-electron chi connectivity index (χ4n) is 3.30. The molecule has 1 aromatic rings. The summed E-state index contributed by atoms with van der Waals surface area (Å²) in [4.78, 5) is 0. The Morgan fingerprint density at radius 1 is 1.33 bits per heavy atom. The Labute approximate surface area is 114 Å². The van der Waals surface area contributed by atoms with Gasteiger partial charge in [0.15, 0.2) is 0 Å². The molecule has 0 aliphatic heterocycles. The zero-order chi connectivity index (χ0) is 12.8. The SMILES string of the molecule is OC1CC(Oc2ccc(F)cc2Br)C12CCCC2. The van der Waals surface area contributed by atoms with E-state index in [2.05, 4.69) is 15.9 Å². The Balaban J connectivity index is 1.77. The summed E-state index contributed by atoms with van der Waals surface area (Å²) in [7, 11) is 0. The summed E-state index contributed by atoms with van der Waals surface area (Å²) in [6.07, 6.45) is 4.93. The third-order valence-corrected chi connectivity index (χ3v) is 5.06. The van der Waals surface area contributed by atoms with Gasteiger partial charge in [0.05, 0.1) is 10.6 Å². The molecule has 3 rings (SSSR count). The van der Waals surface area contributed by atoms with Crippen LogP contribution in [-0.2, 0) is 0 Å². The van der Waals surface area contributed by atoms with Crippen molar-refractivity contribution < 1.29 is 14.2 Å². The van der Waals surface area contributed by atoms with Crippen molar-refractivity contribution in [2.75, 3.05) is 0 Å². The molecule has 98 valence electrons. The summed E-state index contributed by atoms with van der Waals surface area (Å²) in [5, 5.41) is 10.0. The molecular formula is C14H16BrFO2. The monoisotopic (exact) mass is 314 g/mol. The number of rotatable bonds is 2. The Morgan fingerprint density at radius 2 is 2.06 bits per heavy atom. The molecule has 2 atom stereocenters. The Hall–Kier alpha value is -0.610. The van der Waals surface area contributed by atoms with Crippen molar-refractivity contribution in [3.05, 3.63) is 28.5 Å². The van der Waals surface area contributed by atoms with Gasteiger partial charge in [-0.2, -0.15) is 0 Å². The van der Waals surface area contributed by atoms with E-state index in [9.17, 15) is 9.50 Å². The van der Waals surface area contributed by atoms with Crippen LogP contribution in [0.15, 0.2) is 22.7 Å². The van der Waals surface area contributed by atoms with Crippen LogP contribution >= 0.6 is 15.9 Å². The summed E-state index contributed by atoms with van der Waals surface area (Å²) in [6.45, 7) is 0. The van der Waals surface area contributed by atoms with Crippen LogP contribution < -0.4 is 4.74 Å². The van der Waals surface area contributed by atoms with E-state index in [0.29, 0.717) is 16.6 Å². The lowest BCUT2D eigenvalue weighted by atomic mass is 9.62. The topological polar surface area (TPSA) is 29.5 Å². The average Bonchev–Trinajstić information content (AvgIpc) is 2.83. The molecular weight excluding hydrogens is 299 g/mol. The molecule has 2 saturated carbocycles.